The highest BCUT2D eigenvalue weighted by atomic mass is 32.2. The zero-order valence-corrected chi connectivity index (χ0v) is 13.1. The molecule has 0 saturated carbocycles. The van der Waals surface area contributed by atoms with Crippen LogP contribution in [0.2, 0.25) is 0 Å². The molecule has 2 unspecified atom stereocenters. The van der Waals surface area contributed by atoms with Crippen molar-refractivity contribution in [2.45, 2.75) is 63.6 Å². The third kappa shape index (κ3) is 4.26. The van der Waals surface area contributed by atoms with E-state index in [1.54, 1.807) is 4.90 Å². The maximum Gasteiger partial charge on any atom is 0.410 e. The van der Waals surface area contributed by atoms with Crippen molar-refractivity contribution in [3.8, 4) is 0 Å². The van der Waals surface area contributed by atoms with E-state index >= 15 is 0 Å². The van der Waals surface area contributed by atoms with Gasteiger partial charge in [-0.25, -0.2) is 4.79 Å². The molecule has 1 aliphatic heterocycles. The van der Waals surface area contributed by atoms with Crippen LogP contribution in [0.4, 0.5) is 4.79 Å². The van der Waals surface area contributed by atoms with Gasteiger partial charge < -0.3 is 9.64 Å². The lowest BCUT2D eigenvalue weighted by Gasteiger charge is -2.25. The summed E-state index contributed by atoms with van der Waals surface area (Å²) in [6, 6.07) is 0. The van der Waals surface area contributed by atoms with E-state index in [9.17, 15) is 9.00 Å². The summed E-state index contributed by atoms with van der Waals surface area (Å²) in [7, 11) is -0.922. The second-order valence-electron chi connectivity index (χ2n) is 6.75. The average molecular weight is 275 g/mol. The number of amides is 1. The Morgan fingerprint density at radius 1 is 1.22 bits per heavy atom. The van der Waals surface area contributed by atoms with Gasteiger partial charge in [0.25, 0.3) is 0 Å². The van der Waals surface area contributed by atoms with Crippen LogP contribution < -0.4 is 0 Å². The van der Waals surface area contributed by atoms with Gasteiger partial charge in [-0.15, -0.1) is 0 Å². The van der Waals surface area contributed by atoms with Crippen LogP contribution in [0.15, 0.2) is 0 Å². The average Bonchev–Trinajstić information content (AvgIpc) is 2.60. The molecule has 1 fully saturated rings. The molecule has 0 radical (unpaired) electrons. The second-order valence-corrected chi connectivity index (χ2v) is 9.23. The molecule has 0 N–H and O–H groups in total. The molecule has 0 aromatic carbocycles. The van der Waals surface area contributed by atoms with Gasteiger partial charge in [0.15, 0.2) is 0 Å². The van der Waals surface area contributed by atoms with E-state index in [1.807, 2.05) is 41.5 Å². The van der Waals surface area contributed by atoms with Gasteiger partial charge in [-0.3, -0.25) is 4.21 Å². The lowest BCUT2D eigenvalue weighted by Crippen LogP contribution is -2.38. The molecule has 0 bridgehead atoms. The van der Waals surface area contributed by atoms with Gasteiger partial charge in [0.2, 0.25) is 0 Å². The Morgan fingerprint density at radius 3 is 2.22 bits per heavy atom. The fourth-order valence-electron chi connectivity index (χ4n) is 1.90. The highest BCUT2D eigenvalue weighted by molar-refractivity contribution is 7.87. The molecular weight excluding hydrogens is 250 g/mol. The van der Waals surface area contributed by atoms with Crippen molar-refractivity contribution in [2.24, 2.45) is 0 Å². The molecule has 1 aliphatic rings. The molecule has 1 rings (SSSR count). The third-order valence-electron chi connectivity index (χ3n) is 2.70. The predicted octanol–water partition coefficient (Wildman–Crippen LogP) is 2.54. The summed E-state index contributed by atoms with van der Waals surface area (Å²) in [6.45, 7) is 12.7. The summed E-state index contributed by atoms with van der Waals surface area (Å²) in [4.78, 5) is 13.5. The molecule has 1 amide bonds. The van der Waals surface area contributed by atoms with Gasteiger partial charge in [0.05, 0.1) is 5.25 Å². The van der Waals surface area contributed by atoms with Gasteiger partial charge in [-0.05, 0) is 48.0 Å². The number of carbonyl (C=O) groups is 1. The fourth-order valence-corrected chi connectivity index (χ4v) is 3.53. The Balaban J connectivity index is 2.57. The summed E-state index contributed by atoms with van der Waals surface area (Å²) in [5, 5.41) is 0.0671. The van der Waals surface area contributed by atoms with Crippen LogP contribution in [0.1, 0.15) is 48.0 Å². The molecule has 106 valence electrons. The van der Waals surface area contributed by atoms with Crippen molar-refractivity contribution in [1.82, 2.24) is 4.90 Å². The van der Waals surface area contributed by atoms with Crippen LogP contribution in [0.25, 0.3) is 0 Å². The van der Waals surface area contributed by atoms with E-state index in [-0.39, 0.29) is 16.1 Å². The van der Waals surface area contributed by atoms with Crippen molar-refractivity contribution >= 4 is 16.9 Å². The van der Waals surface area contributed by atoms with Crippen molar-refractivity contribution in [3.05, 3.63) is 0 Å². The number of carbonyl (C=O) groups excluding carboxylic acids is 1. The van der Waals surface area contributed by atoms with E-state index in [4.69, 9.17) is 4.74 Å². The summed E-state index contributed by atoms with van der Waals surface area (Å²) in [5.41, 5.74) is -0.474. The maximum atomic E-state index is 12.3. The SMILES string of the molecule is CC(C)(C)OC(=O)N1CCC(S(=O)C(C)(C)C)C1. The molecule has 4 nitrogen and oxygen atoms in total. The van der Waals surface area contributed by atoms with Gasteiger partial charge in [0, 0.05) is 28.6 Å². The van der Waals surface area contributed by atoms with Crippen molar-refractivity contribution in [3.63, 3.8) is 0 Å². The van der Waals surface area contributed by atoms with E-state index in [2.05, 4.69) is 0 Å². The van der Waals surface area contributed by atoms with Crippen LogP contribution in [-0.2, 0) is 15.5 Å². The van der Waals surface area contributed by atoms with Crippen LogP contribution >= 0.6 is 0 Å². The number of rotatable bonds is 1. The van der Waals surface area contributed by atoms with E-state index < -0.39 is 16.4 Å². The number of hydrogen-bond donors (Lipinski definition) is 0. The fraction of sp³-hybridized carbons (Fsp3) is 0.923. The van der Waals surface area contributed by atoms with Crippen LogP contribution in [0, 0.1) is 0 Å². The highest BCUT2D eigenvalue weighted by Crippen LogP contribution is 2.24. The molecule has 1 heterocycles. The first-order valence-electron chi connectivity index (χ1n) is 6.39. The van der Waals surface area contributed by atoms with E-state index in [0.717, 1.165) is 6.42 Å². The molecule has 0 aromatic heterocycles. The number of likely N-dealkylation sites (tertiary alicyclic amines) is 1. The Bertz CT molecular complexity index is 341. The first kappa shape index (κ1) is 15.5. The molecule has 0 spiro atoms. The Hall–Kier alpha value is -0.580. The first-order valence-corrected chi connectivity index (χ1v) is 7.60. The highest BCUT2D eigenvalue weighted by Gasteiger charge is 2.36. The maximum absolute atomic E-state index is 12.3. The van der Waals surface area contributed by atoms with E-state index in [0.29, 0.717) is 13.1 Å². The summed E-state index contributed by atoms with van der Waals surface area (Å²) in [6.07, 6.45) is 0.499. The van der Waals surface area contributed by atoms with Crippen LogP contribution in [0.3, 0.4) is 0 Å². The predicted molar refractivity (Wildman–Crippen MR) is 74.1 cm³/mol. The molecule has 18 heavy (non-hydrogen) atoms. The van der Waals surface area contributed by atoms with Gasteiger partial charge in [-0.1, -0.05) is 0 Å². The lowest BCUT2D eigenvalue weighted by molar-refractivity contribution is 0.0295. The standard InChI is InChI=1S/C13H25NO3S/c1-12(2,3)17-11(15)14-8-7-10(9-14)18(16)13(4,5)6/h10H,7-9H2,1-6H3. The van der Waals surface area contributed by atoms with Crippen LogP contribution in [0.5, 0.6) is 0 Å². The zero-order chi connectivity index (χ0) is 14.1. The normalized spacial score (nSPS) is 23.0. The number of ether oxygens (including phenoxy) is 1. The Morgan fingerprint density at radius 2 is 1.78 bits per heavy atom. The number of nitrogens with zero attached hydrogens (tertiary/aromatic N) is 1. The Kier molecular flexibility index (Phi) is 4.47. The minimum absolute atomic E-state index is 0.0671. The summed E-state index contributed by atoms with van der Waals surface area (Å²) < 4.78 is 17.3. The third-order valence-corrected chi connectivity index (χ3v) is 4.90. The van der Waals surface area contributed by atoms with Crippen molar-refractivity contribution < 1.29 is 13.7 Å². The Labute approximate surface area is 113 Å². The lowest BCUT2D eigenvalue weighted by atomic mass is 10.2. The summed E-state index contributed by atoms with van der Waals surface area (Å²) in [5.74, 6) is 0. The van der Waals surface area contributed by atoms with Gasteiger partial charge in [-0.2, -0.15) is 0 Å². The minimum atomic E-state index is -0.922. The van der Waals surface area contributed by atoms with Crippen molar-refractivity contribution in [1.29, 1.82) is 0 Å². The molecule has 0 aromatic rings. The largest absolute Gasteiger partial charge is 0.444 e. The number of hydrogen-bond acceptors (Lipinski definition) is 3. The molecule has 1 saturated heterocycles. The molecule has 5 heteroatoms. The van der Waals surface area contributed by atoms with E-state index in [1.165, 1.54) is 0 Å². The van der Waals surface area contributed by atoms with Gasteiger partial charge >= 0.3 is 6.09 Å². The zero-order valence-electron chi connectivity index (χ0n) is 12.3. The van der Waals surface area contributed by atoms with Gasteiger partial charge in [0.1, 0.15) is 5.60 Å². The first-order chi connectivity index (χ1) is 8.00. The quantitative estimate of drug-likeness (QED) is 0.739. The molecule has 2 atom stereocenters. The smallest absolute Gasteiger partial charge is 0.410 e. The topological polar surface area (TPSA) is 46.6 Å². The second kappa shape index (κ2) is 5.19. The summed E-state index contributed by atoms with van der Waals surface area (Å²) >= 11 is 0. The molecular formula is C13H25NO3S. The minimum Gasteiger partial charge on any atom is -0.444 e. The monoisotopic (exact) mass is 275 g/mol. The van der Waals surface area contributed by atoms with Crippen molar-refractivity contribution in [2.75, 3.05) is 13.1 Å². The van der Waals surface area contributed by atoms with Crippen LogP contribution in [-0.4, -0.2) is 43.9 Å². The molecule has 0 aliphatic carbocycles.